The van der Waals surface area contributed by atoms with Gasteiger partial charge in [0.2, 0.25) is 5.95 Å². The molecule has 1 N–H and O–H groups in total. The number of nitrogens with one attached hydrogen (secondary N) is 1. The van der Waals surface area contributed by atoms with Gasteiger partial charge in [-0.15, -0.1) is 0 Å². The minimum atomic E-state index is -0.0222. The first kappa shape index (κ1) is 18.6. The third-order valence-corrected chi connectivity index (χ3v) is 5.91. The number of fused-ring (bicyclic) bond motifs is 1. The average molecular weight is 399 g/mol. The zero-order valence-corrected chi connectivity index (χ0v) is 16.9. The number of amides is 1. The van der Waals surface area contributed by atoms with E-state index in [0.717, 1.165) is 31.7 Å². The third kappa shape index (κ3) is 3.85. The molecule has 3 aromatic rings. The van der Waals surface area contributed by atoms with Crippen LogP contribution in [0.1, 0.15) is 34.3 Å². The first-order chi connectivity index (χ1) is 14.8. The largest absolute Gasteiger partial charge is 0.372 e. The second-order valence-corrected chi connectivity index (χ2v) is 7.91. The van der Waals surface area contributed by atoms with Crippen molar-refractivity contribution in [2.24, 2.45) is 0 Å². The quantitative estimate of drug-likeness (QED) is 0.718. The Kier molecular flexibility index (Phi) is 5.05. The molecule has 1 amide bonds. The molecule has 0 aliphatic carbocycles. The Labute approximate surface area is 176 Å². The highest BCUT2D eigenvalue weighted by Crippen LogP contribution is 2.23. The fraction of sp³-hybridized carbons (Fsp3) is 0.292. The van der Waals surface area contributed by atoms with E-state index in [-0.39, 0.29) is 5.91 Å². The fourth-order valence-corrected chi connectivity index (χ4v) is 4.21. The maximum absolute atomic E-state index is 12.9. The summed E-state index contributed by atoms with van der Waals surface area (Å²) in [6, 6.07) is 16.6. The van der Waals surface area contributed by atoms with E-state index < -0.39 is 0 Å². The zero-order valence-electron chi connectivity index (χ0n) is 16.9. The van der Waals surface area contributed by atoms with Crippen LogP contribution in [0.25, 0.3) is 0 Å². The number of benzene rings is 2. The number of hydrogen-bond acceptors (Lipinski definition) is 5. The number of carbonyl (C=O) groups is 1. The summed E-state index contributed by atoms with van der Waals surface area (Å²) in [6.45, 7) is 3.62. The molecule has 0 spiro atoms. The van der Waals surface area contributed by atoms with Crippen LogP contribution in [0.3, 0.4) is 0 Å². The minimum Gasteiger partial charge on any atom is -0.372 e. The van der Waals surface area contributed by atoms with Gasteiger partial charge in [-0.2, -0.15) is 0 Å². The van der Waals surface area contributed by atoms with Crippen molar-refractivity contribution in [2.45, 2.75) is 25.8 Å². The molecule has 2 aliphatic heterocycles. The molecule has 152 valence electrons. The van der Waals surface area contributed by atoms with Gasteiger partial charge in [0.25, 0.3) is 5.91 Å². The lowest BCUT2D eigenvalue weighted by Crippen LogP contribution is -2.36. The molecule has 0 radical (unpaired) electrons. The van der Waals surface area contributed by atoms with Gasteiger partial charge in [-0.25, -0.2) is 9.97 Å². The molecule has 0 unspecified atom stereocenters. The smallest absolute Gasteiger partial charge is 0.257 e. The van der Waals surface area contributed by atoms with E-state index in [9.17, 15) is 4.79 Å². The monoisotopic (exact) mass is 399 g/mol. The second-order valence-electron chi connectivity index (χ2n) is 7.91. The van der Waals surface area contributed by atoms with Crippen LogP contribution in [0.2, 0.25) is 0 Å². The molecule has 0 bridgehead atoms. The molecule has 0 saturated carbocycles. The zero-order chi connectivity index (χ0) is 20.3. The van der Waals surface area contributed by atoms with Crippen LogP contribution in [0.15, 0.2) is 60.9 Å². The summed E-state index contributed by atoms with van der Waals surface area (Å²) < 4.78 is 0. The number of nitrogens with zero attached hydrogens (tertiary/aromatic N) is 4. The van der Waals surface area contributed by atoms with Gasteiger partial charge in [0.15, 0.2) is 0 Å². The molecular weight excluding hydrogens is 374 g/mol. The number of rotatable bonds is 4. The maximum Gasteiger partial charge on any atom is 0.257 e. The Morgan fingerprint density at radius 3 is 2.30 bits per heavy atom. The van der Waals surface area contributed by atoms with Crippen LogP contribution in [0.4, 0.5) is 17.3 Å². The van der Waals surface area contributed by atoms with Crippen molar-refractivity contribution in [3.05, 3.63) is 77.6 Å². The summed E-state index contributed by atoms with van der Waals surface area (Å²) in [5.74, 6) is 0.468. The van der Waals surface area contributed by atoms with Crippen LogP contribution in [-0.4, -0.2) is 40.4 Å². The summed E-state index contributed by atoms with van der Waals surface area (Å²) in [5.41, 5.74) is 5.25. The standard InChI is InChI=1S/C24H25N5O/c30-23(29-14-11-18-5-1-2-6-19(18)17-29)20-15-25-24(26-16-20)27-21-7-9-22(10-8-21)28-12-3-4-13-28/h1-2,5-10,15-16H,3-4,11-14,17H2,(H,25,26,27). The SMILES string of the molecule is O=C(c1cnc(Nc2ccc(N3CCCC3)cc2)nc1)N1CCc2ccccc2C1. The van der Waals surface area contributed by atoms with Gasteiger partial charge in [-0.3, -0.25) is 4.79 Å². The highest BCUT2D eigenvalue weighted by molar-refractivity contribution is 5.93. The third-order valence-electron chi connectivity index (χ3n) is 5.91. The Hall–Kier alpha value is -3.41. The lowest BCUT2D eigenvalue weighted by molar-refractivity contribution is 0.0734. The molecular formula is C24H25N5O. The van der Waals surface area contributed by atoms with E-state index in [4.69, 9.17) is 0 Å². The molecule has 0 atom stereocenters. The van der Waals surface area contributed by atoms with Crippen molar-refractivity contribution in [3.63, 3.8) is 0 Å². The van der Waals surface area contributed by atoms with Gasteiger partial charge in [0, 0.05) is 49.9 Å². The second kappa shape index (κ2) is 8.14. The van der Waals surface area contributed by atoms with Gasteiger partial charge >= 0.3 is 0 Å². The highest BCUT2D eigenvalue weighted by Gasteiger charge is 2.22. The molecule has 1 saturated heterocycles. The predicted molar refractivity (Wildman–Crippen MR) is 118 cm³/mol. The fourth-order valence-electron chi connectivity index (χ4n) is 4.21. The van der Waals surface area contributed by atoms with Crippen molar-refractivity contribution in [1.82, 2.24) is 14.9 Å². The Balaban J connectivity index is 1.23. The van der Waals surface area contributed by atoms with E-state index in [1.807, 2.05) is 23.1 Å². The van der Waals surface area contributed by atoms with Gasteiger partial charge in [0.05, 0.1) is 5.56 Å². The minimum absolute atomic E-state index is 0.0222. The molecule has 5 rings (SSSR count). The highest BCUT2D eigenvalue weighted by atomic mass is 16.2. The number of carbonyl (C=O) groups excluding carboxylic acids is 1. The normalized spacial score (nSPS) is 15.7. The molecule has 1 fully saturated rings. The van der Waals surface area contributed by atoms with Crippen molar-refractivity contribution < 1.29 is 4.79 Å². The van der Waals surface area contributed by atoms with Gasteiger partial charge < -0.3 is 15.1 Å². The van der Waals surface area contributed by atoms with E-state index >= 15 is 0 Å². The molecule has 2 aromatic carbocycles. The topological polar surface area (TPSA) is 61.4 Å². The first-order valence-electron chi connectivity index (χ1n) is 10.6. The van der Waals surface area contributed by atoms with Gasteiger partial charge in [0.1, 0.15) is 0 Å². The van der Waals surface area contributed by atoms with Crippen molar-refractivity contribution in [2.75, 3.05) is 29.9 Å². The summed E-state index contributed by atoms with van der Waals surface area (Å²) in [6.07, 6.45) is 6.63. The maximum atomic E-state index is 12.9. The first-order valence-corrected chi connectivity index (χ1v) is 10.6. The van der Waals surface area contributed by atoms with E-state index in [0.29, 0.717) is 18.1 Å². The molecule has 1 aromatic heterocycles. The predicted octanol–water partition coefficient (Wildman–Crippen LogP) is 4.02. The molecule has 2 aliphatic rings. The summed E-state index contributed by atoms with van der Waals surface area (Å²) in [4.78, 5) is 25.8. The van der Waals surface area contributed by atoms with Crippen LogP contribution in [0.5, 0.6) is 0 Å². The Bertz CT molecular complexity index is 1030. The van der Waals surface area contributed by atoms with Gasteiger partial charge in [-0.1, -0.05) is 24.3 Å². The Morgan fingerprint density at radius 2 is 1.57 bits per heavy atom. The van der Waals surface area contributed by atoms with Crippen molar-refractivity contribution >= 4 is 23.2 Å². The lowest BCUT2D eigenvalue weighted by Gasteiger charge is -2.28. The van der Waals surface area contributed by atoms with E-state index in [1.165, 1.54) is 29.7 Å². The molecule has 30 heavy (non-hydrogen) atoms. The van der Waals surface area contributed by atoms with E-state index in [2.05, 4.69) is 50.5 Å². The average Bonchev–Trinajstić information content (AvgIpc) is 3.34. The van der Waals surface area contributed by atoms with Crippen LogP contribution < -0.4 is 10.2 Å². The van der Waals surface area contributed by atoms with Crippen LogP contribution in [0, 0.1) is 0 Å². The van der Waals surface area contributed by atoms with Gasteiger partial charge in [-0.05, 0) is 54.7 Å². The number of anilines is 3. The molecule has 3 heterocycles. The number of hydrogen-bond donors (Lipinski definition) is 1. The van der Waals surface area contributed by atoms with Crippen LogP contribution >= 0.6 is 0 Å². The summed E-state index contributed by atoms with van der Waals surface area (Å²) in [7, 11) is 0. The Morgan fingerprint density at radius 1 is 0.867 bits per heavy atom. The molecule has 6 nitrogen and oxygen atoms in total. The summed E-state index contributed by atoms with van der Waals surface area (Å²) >= 11 is 0. The number of aromatic nitrogens is 2. The summed E-state index contributed by atoms with van der Waals surface area (Å²) in [5, 5.41) is 3.21. The van der Waals surface area contributed by atoms with E-state index in [1.54, 1.807) is 12.4 Å². The van der Waals surface area contributed by atoms with Crippen LogP contribution in [-0.2, 0) is 13.0 Å². The lowest BCUT2D eigenvalue weighted by atomic mass is 9.99. The van der Waals surface area contributed by atoms with Crippen molar-refractivity contribution in [1.29, 1.82) is 0 Å². The van der Waals surface area contributed by atoms with Crippen molar-refractivity contribution in [3.8, 4) is 0 Å². The molecule has 6 heteroatoms.